The highest BCUT2D eigenvalue weighted by atomic mass is 31.1. The second-order valence-electron chi connectivity index (χ2n) is 6.49. The zero-order valence-electron chi connectivity index (χ0n) is 15.4. The van der Waals surface area contributed by atoms with Crippen molar-refractivity contribution in [2.45, 2.75) is 25.4 Å². The van der Waals surface area contributed by atoms with E-state index >= 15 is 0 Å². The molecule has 0 aliphatic rings. The number of carboxylic acid groups (broad SMARTS) is 1. The van der Waals surface area contributed by atoms with Gasteiger partial charge in [0.25, 0.3) is 0 Å². The van der Waals surface area contributed by atoms with Crippen LogP contribution in [0.25, 0.3) is 0 Å². The van der Waals surface area contributed by atoms with E-state index in [9.17, 15) is 24.4 Å². The van der Waals surface area contributed by atoms with E-state index < -0.39 is 31.2 Å². The van der Waals surface area contributed by atoms with Gasteiger partial charge in [-0.3, -0.25) is 10.1 Å². The topological polar surface area (TPSA) is 113 Å². The molecule has 0 fully saturated rings. The van der Waals surface area contributed by atoms with Crippen LogP contribution in [0.15, 0.2) is 60.7 Å². The Morgan fingerprint density at radius 3 is 2.14 bits per heavy atom. The molecule has 0 radical (unpaired) electrons. The van der Waals surface area contributed by atoms with Gasteiger partial charge in [0.05, 0.1) is 0 Å². The molecule has 0 aliphatic carbocycles. The fraction of sp³-hybridized carbons (Fsp3) is 0.300. The number of aliphatic carboxylic acids is 1. The zero-order valence-corrected chi connectivity index (χ0v) is 16.3. The van der Waals surface area contributed by atoms with Crippen molar-refractivity contribution in [3.05, 3.63) is 71.8 Å². The lowest BCUT2D eigenvalue weighted by Gasteiger charge is -2.16. The summed E-state index contributed by atoms with van der Waals surface area (Å²) in [6.45, 7) is 1.15. The molecule has 3 atom stereocenters. The number of hydrogen-bond acceptors (Lipinski definition) is 5. The van der Waals surface area contributed by atoms with Gasteiger partial charge >= 0.3 is 25.3 Å². The molecule has 0 heterocycles. The number of carbonyl (C=O) groups is 2. The Bertz CT molecular complexity index is 810. The number of carbonyl (C=O) groups excluding carboxylic acids is 1. The highest BCUT2D eigenvalue weighted by Crippen LogP contribution is 2.37. The molecular weight excluding hydrogens is 381 g/mol. The van der Waals surface area contributed by atoms with Crippen molar-refractivity contribution in [1.82, 2.24) is 5.32 Å². The van der Waals surface area contributed by atoms with E-state index in [4.69, 9.17) is 4.74 Å². The molecule has 2 aromatic rings. The Kier molecular flexibility index (Phi) is 7.67. The van der Waals surface area contributed by atoms with E-state index in [1.807, 2.05) is 12.1 Å². The number of rotatable bonds is 9. The van der Waals surface area contributed by atoms with Crippen molar-refractivity contribution in [1.29, 1.82) is 0 Å². The predicted molar refractivity (Wildman–Crippen MR) is 104 cm³/mol. The van der Waals surface area contributed by atoms with Gasteiger partial charge in [0.15, 0.2) is 6.16 Å². The summed E-state index contributed by atoms with van der Waals surface area (Å²) < 4.78 is 17.6. The monoisotopic (exact) mass is 404 g/mol. The third kappa shape index (κ3) is 6.76. The van der Waals surface area contributed by atoms with Crippen LogP contribution in [0, 0.1) is 5.92 Å². The van der Waals surface area contributed by atoms with Crippen molar-refractivity contribution < 1.29 is 29.1 Å². The maximum atomic E-state index is 12.5. The molecule has 3 N–H and O–H groups in total. The second kappa shape index (κ2) is 9.97. The van der Waals surface area contributed by atoms with Gasteiger partial charge < -0.3 is 14.9 Å². The predicted octanol–water partition coefficient (Wildman–Crippen LogP) is 3.35. The smallest absolute Gasteiger partial charge is 0.413 e. The number of hydrogen-bond donors (Lipinski definition) is 3. The minimum Gasteiger partial charge on any atom is -0.481 e. The SMILES string of the molecule is CC(O)(NC(=O)OCc1ccccc1)[P+](=O)CC(Cc1ccccc1)C(=O)O. The molecule has 0 saturated heterocycles. The third-order valence-corrected chi connectivity index (χ3v) is 5.95. The van der Waals surface area contributed by atoms with Crippen LogP contribution in [0.4, 0.5) is 4.79 Å². The lowest BCUT2D eigenvalue weighted by atomic mass is 10.0. The molecule has 1 amide bonds. The van der Waals surface area contributed by atoms with Gasteiger partial charge in [-0.05, 0) is 17.5 Å². The molecule has 0 saturated carbocycles. The fourth-order valence-electron chi connectivity index (χ4n) is 2.52. The van der Waals surface area contributed by atoms with E-state index in [-0.39, 0.29) is 19.2 Å². The van der Waals surface area contributed by atoms with E-state index in [1.165, 1.54) is 0 Å². The van der Waals surface area contributed by atoms with Crippen LogP contribution in [0.3, 0.4) is 0 Å². The molecule has 2 aromatic carbocycles. The number of ether oxygens (including phenoxy) is 1. The van der Waals surface area contributed by atoms with Gasteiger partial charge in [0.2, 0.25) is 0 Å². The lowest BCUT2D eigenvalue weighted by molar-refractivity contribution is -0.140. The molecular formula is C20H23NO6P+. The number of aliphatic hydroxyl groups is 1. The first kappa shape index (κ1) is 21.5. The van der Waals surface area contributed by atoms with Crippen molar-refractivity contribution >= 4 is 19.9 Å². The average molecular weight is 404 g/mol. The van der Waals surface area contributed by atoms with Crippen molar-refractivity contribution in [2.24, 2.45) is 5.92 Å². The zero-order chi connectivity index (χ0) is 20.6. The highest BCUT2D eigenvalue weighted by molar-refractivity contribution is 7.46. The Morgan fingerprint density at radius 1 is 1.07 bits per heavy atom. The second-order valence-corrected chi connectivity index (χ2v) is 8.49. The van der Waals surface area contributed by atoms with E-state index in [0.29, 0.717) is 0 Å². The van der Waals surface area contributed by atoms with E-state index in [1.54, 1.807) is 48.5 Å². The van der Waals surface area contributed by atoms with Gasteiger partial charge in [-0.25, -0.2) is 4.79 Å². The summed E-state index contributed by atoms with van der Waals surface area (Å²) >= 11 is 0. The maximum Gasteiger partial charge on any atom is 0.413 e. The quantitative estimate of drug-likeness (QED) is 0.436. The highest BCUT2D eigenvalue weighted by Gasteiger charge is 2.47. The lowest BCUT2D eigenvalue weighted by Crippen LogP contribution is -2.44. The van der Waals surface area contributed by atoms with Gasteiger partial charge in [-0.1, -0.05) is 65.2 Å². The molecule has 0 spiro atoms. The summed E-state index contributed by atoms with van der Waals surface area (Å²) in [6.07, 6.45) is -1.05. The molecule has 28 heavy (non-hydrogen) atoms. The first-order valence-corrected chi connectivity index (χ1v) is 10.1. The summed E-state index contributed by atoms with van der Waals surface area (Å²) in [4.78, 5) is 23.4. The molecule has 2 rings (SSSR count). The van der Waals surface area contributed by atoms with Crippen molar-refractivity contribution in [3.63, 3.8) is 0 Å². The van der Waals surface area contributed by atoms with Crippen LogP contribution < -0.4 is 5.32 Å². The number of alkyl carbamates (subject to hydrolysis) is 1. The van der Waals surface area contributed by atoms with Gasteiger partial charge in [0.1, 0.15) is 12.5 Å². The maximum absolute atomic E-state index is 12.5. The minimum absolute atomic E-state index is 0.00864. The summed E-state index contributed by atoms with van der Waals surface area (Å²) in [7, 11) is -2.48. The largest absolute Gasteiger partial charge is 0.481 e. The number of nitrogens with one attached hydrogen (secondary N) is 1. The summed E-state index contributed by atoms with van der Waals surface area (Å²) in [5.41, 5.74) is -0.545. The number of carboxylic acids is 1. The van der Waals surface area contributed by atoms with Crippen LogP contribution in [-0.2, 0) is 27.1 Å². The fourth-order valence-corrected chi connectivity index (χ4v) is 3.78. The first-order valence-electron chi connectivity index (χ1n) is 8.70. The van der Waals surface area contributed by atoms with E-state index in [0.717, 1.165) is 18.1 Å². The molecule has 0 aliphatic heterocycles. The van der Waals surface area contributed by atoms with Crippen LogP contribution in [-0.4, -0.2) is 33.9 Å². The van der Waals surface area contributed by atoms with Crippen molar-refractivity contribution in [2.75, 3.05) is 6.16 Å². The Hall–Kier alpha value is -2.76. The third-order valence-electron chi connectivity index (χ3n) is 4.10. The molecule has 8 heteroatoms. The minimum atomic E-state index is -2.48. The number of amides is 1. The molecule has 148 valence electrons. The Balaban J connectivity index is 1.92. The standard InChI is InChI=1S/C20H22NO6P/c1-20(25,21-19(24)27-13-16-10-6-3-7-11-16)28(26)14-17(18(22)23)12-15-8-4-2-5-9-15/h2-11,17,25H,12-14H2,1H3,(H-,21,22,23,24)/p+1. The normalized spacial score (nSPS) is 14.4. The van der Waals surface area contributed by atoms with Crippen LogP contribution in [0.5, 0.6) is 0 Å². The molecule has 3 unspecified atom stereocenters. The van der Waals surface area contributed by atoms with Crippen LogP contribution in [0.1, 0.15) is 18.1 Å². The van der Waals surface area contributed by atoms with Gasteiger partial charge in [0, 0.05) is 6.92 Å². The van der Waals surface area contributed by atoms with Gasteiger partial charge in [-0.2, -0.15) is 0 Å². The van der Waals surface area contributed by atoms with Crippen LogP contribution in [0.2, 0.25) is 0 Å². The summed E-state index contributed by atoms with van der Waals surface area (Å²) in [5.74, 6) is -2.07. The van der Waals surface area contributed by atoms with Crippen molar-refractivity contribution in [3.8, 4) is 0 Å². The Morgan fingerprint density at radius 2 is 1.61 bits per heavy atom. The summed E-state index contributed by atoms with van der Waals surface area (Å²) in [5, 5.41) is 21.9. The van der Waals surface area contributed by atoms with Crippen LogP contribution >= 0.6 is 7.80 Å². The average Bonchev–Trinajstić information content (AvgIpc) is 2.67. The summed E-state index contributed by atoms with van der Waals surface area (Å²) in [6, 6.07) is 17.9. The molecule has 0 bridgehead atoms. The van der Waals surface area contributed by atoms with E-state index in [2.05, 4.69) is 5.32 Å². The molecule has 7 nitrogen and oxygen atoms in total. The Labute approximate surface area is 164 Å². The number of benzene rings is 2. The van der Waals surface area contributed by atoms with Gasteiger partial charge in [-0.15, -0.1) is 0 Å². The first-order chi connectivity index (χ1) is 13.3. The molecule has 0 aromatic heterocycles.